The van der Waals surface area contributed by atoms with E-state index in [4.69, 9.17) is 14.2 Å². The van der Waals surface area contributed by atoms with Crippen molar-refractivity contribution < 1.29 is 43.9 Å². The molecule has 6 aromatic carbocycles. The van der Waals surface area contributed by atoms with Crippen LogP contribution >= 0.6 is 11.3 Å². The number of carbonyl (C=O) groups is 3. The molecule has 0 saturated carbocycles. The molecule has 20 heteroatoms. The van der Waals surface area contributed by atoms with Crippen LogP contribution in [-0.2, 0) is 49.9 Å². The highest BCUT2D eigenvalue weighted by Gasteiger charge is 2.51. The Morgan fingerprint density at radius 1 is 0.433 bits per heavy atom. The zero-order valence-electron chi connectivity index (χ0n) is 59.5. The third kappa shape index (κ3) is 14.3. The highest BCUT2D eigenvalue weighted by atomic mass is 32.1. The normalized spacial score (nSPS) is 18.9. The molecule has 9 aromatic rings. The summed E-state index contributed by atoms with van der Waals surface area (Å²) in [6.07, 6.45) is 14.4. The van der Waals surface area contributed by atoms with E-state index in [1.165, 1.54) is 43.8 Å². The van der Waals surface area contributed by atoms with Gasteiger partial charge in [-0.2, -0.15) is 15.8 Å². The number of carbonyl (C=O) groups excluding carboxylic acids is 3. The second-order valence-corrected chi connectivity index (χ2v) is 29.8. The van der Waals surface area contributed by atoms with Gasteiger partial charge in [-0.3, -0.25) is 14.4 Å². The standard InChI is InChI=1S/2C28H28N4O3.C28H28N2O3S/c2*1-18(2)35-25-7-6-19(12-20(25)14-29)27-30-15-21(16-31-27)22-4-3-5-24-23(22)8-9-28(24)13-26(34)32(17-28)10-11-33;1-18(2)33-24-7-6-19(14-20(24)16-29)25-8-9-26(34-25)22-4-3-5-23-21(22)10-11-28(23)15-27(32)30(17-28)12-13-31/h2*3-7,12,15-16,18,33H,8-11,13,17H2,1-2H3;3-9,14,18,31H,10-13,15,17H2,1-2H3/t3*28-/m100/s1. The molecule has 19 nitrogen and oxygen atoms in total. The van der Waals surface area contributed by atoms with Crippen LogP contribution in [0.15, 0.2) is 146 Å². The Balaban J connectivity index is 0.000000139. The van der Waals surface area contributed by atoms with E-state index in [0.29, 0.717) is 104 Å². The third-order valence-electron chi connectivity index (χ3n) is 20.9. The van der Waals surface area contributed by atoms with Gasteiger partial charge in [0.1, 0.15) is 35.5 Å². The predicted molar refractivity (Wildman–Crippen MR) is 397 cm³/mol. The van der Waals surface area contributed by atoms with Gasteiger partial charge in [-0.25, -0.2) is 19.9 Å². The average molecular weight is 1410 g/mol. The molecule has 3 aliphatic heterocycles. The molecule has 3 atom stereocenters. The van der Waals surface area contributed by atoms with E-state index >= 15 is 0 Å². The fraction of sp³-hybridized carbons (Fsp3) is 0.357. The SMILES string of the molecule is CC(C)Oc1ccc(-c2ccc(-c3cccc4c3CC[C@@]43CC(=O)N(CCO)C3)s2)cc1C#N.CC(C)Oc1ccc(-c2ncc(-c3cccc4c3CC[C@@]43CC(=O)N(CCO)C3)cn2)cc1C#N.CC(C)Oc1ccc(-c2ncc(-c3cccc4c3CC[C@]43CC(=O)N(CCO)C3)cn2)cc1C#N. The maximum absolute atomic E-state index is 12.6. The summed E-state index contributed by atoms with van der Waals surface area (Å²) in [5.74, 6) is 3.20. The van der Waals surface area contributed by atoms with Crippen LogP contribution < -0.4 is 14.2 Å². The zero-order chi connectivity index (χ0) is 73.0. The molecule has 0 bridgehead atoms. The second-order valence-electron chi connectivity index (χ2n) is 28.7. The van der Waals surface area contributed by atoms with E-state index in [0.717, 1.165) is 82.3 Å². The van der Waals surface area contributed by atoms with Gasteiger partial charge < -0.3 is 44.2 Å². The first-order valence-corrected chi connectivity index (χ1v) is 36.6. The number of hydrogen-bond acceptors (Lipinski definition) is 17. The van der Waals surface area contributed by atoms with Gasteiger partial charge in [0.25, 0.3) is 0 Å². The molecule has 3 aliphatic carbocycles. The highest BCUT2D eigenvalue weighted by molar-refractivity contribution is 7.18. The quantitative estimate of drug-likeness (QED) is 0.0720. The summed E-state index contributed by atoms with van der Waals surface area (Å²) in [5, 5.41) is 56.6. The van der Waals surface area contributed by atoms with Crippen LogP contribution in [0.4, 0.5) is 0 Å². The summed E-state index contributed by atoms with van der Waals surface area (Å²) in [6.45, 7) is 14.8. The summed E-state index contributed by atoms with van der Waals surface area (Å²) < 4.78 is 17.2. The van der Waals surface area contributed by atoms with Gasteiger partial charge in [0.2, 0.25) is 17.7 Å². The highest BCUT2D eigenvalue weighted by Crippen LogP contribution is 2.52. The van der Waals surface area contributed by atoms with E-state index < -0.39 is 0 Å². The van der Waals surface area contributed by atoms with Gasteiger partial charge >= 0.3 is 0 Å². The number of benzene rings is 6. The molecule has 3 fully saturated rings. The van der Waals surface area contributed by atoms with Gasteiger partial charge in [0.15, 0.2) is 11.6 Å². The summed E-state index contributed by atoms with van der Waals surface area (Å²) in [7, 11) is 0. The maximum atomic E-state index is 12.6. The molecule has 6 aliphatic rings. The average Bonchev–Trinajstić information content (AvgIpc) is 1.70. The number of likely N-dealkylation sites (tertiary alicyclic amines) is 3. The van der Waals surface area contributed by atoms with Crippen LogP contribution in [-0.4, -0.2) is 145 Å². The molecule has 3 saturated heterocycles. The topological polar surface area (TPSA) is 272 Å². The minimum Gasteiger partial charge on any atom is -0.490 e. The molecule has 0 unspecified atom stereocenters. The second kappa shape index (κ2) is 30.3. The van der Waals surface area contributed by atoms with Gasteiger partial charge in [-0.05, 0) is 202 Å². The molecule has 3 amide bonds. The minimum atomic E-state index is -0.175. The molecule has 15 rings (SSSR count). The van der Waals surface area contributed by atoms with Crippen molar-refractivity contribution in [3.05, 3.63) is 196 Å². The Bertz CT molecular complexity index is 4680. The number of fused-ring (bicyclic) bond motifs is 6. The number of aliphatic hydroxyl groups excluding tert-OH is 3. The van der Waals surface area contributed by atoms with Gasteiger partial charge in [-0.1, -0.05) is 54.6 Å². The lowest BCUT2D eigenvalue weighted by molar-refractivity contribution is -0.128. The van der Waals surface area contributed by atoms with Crippen LogP contribution in [0.25, 0.3) is 65.9 Å². The monoisotopic (exact) mass is 1410 g/mol. The molecule has 530 valence electrons. The van der Waals surface area contributed by atoms with Crippen LogP contribution in [0.1, 0.15) is 130 Å². The molecular formula is C84H84N10O9S. The Morgan fingerprint density at radius 3 is 1.11 bits per heavy atom. The number of nitrogens with zero attached hydrogens (tertiary/aromatic N) is 10. The molecule has 3 aromatic heterocycles. The first-order valence-electron chi connectivity index (χ1n) is 35.7. The Kier molecular flexibility index (Phi) is 20.9. The summed E-state index contributed by atoms with van der Waals surface area (Å²) in [5.41, 5.74) is 16.4. The number of amides is 3. The fourth-order valence-electron chi connectivity index (χ4n) is 16.3. The Hall–Kier alpha value is -10.7. The van der Waals surface area contributed by atoms with E-state index in [1.807, 2.05) is 114 Å². The number of hydrogen-bond donors (Lipinski definition) is 3. The van der Waals surface area contributed by atoms with Crippen molar-refractivity contribution in [2.24, 2.45) is 0 Å². The number of rotatable bonds is 18. The van der Waals surface area contributed by atoms with Crippen molar-refractivity contribution in [1.82, 2.24) is 34.6 Å². The van der Waals surface area contributed by atoms with Crippen LogP contribution in [0.5, 0.6) is 17.2 Å². The van der Waals surface area contributed by atoms with Gasteiger partial charge in [0.05, 0.1) is 54.8 Å². The van der Waals surface area contributed by atoms with Crippen molar-refractivity contribution in [2.75, 3.05) is 59.1 Å². The molecule has 0 radical (unpaired) electrons. The molecule has 6 heterocycles. The van der Waals surface area contributed by atoms with Crippen molar-refractivity contribution in [1.29, 1.82) is 15.8 Å². The number of aliphatic hydroxyl groups is 3. The fourth-order valence-corrected chi connectivity index (χ4v) is 17.4. The van der Waals surface area contributed by atoms with Crippen molar-refractivity contribution in [3.63, 3.8) is 0 Å². The minimum absolute atomic E-state index is 0.00474. The number of aromatic nitrogens is 4. The van der Waals surface area contributed by atoms with Crippen LogP contribution in [0, 0.1) is 34.0 Å². The van der Waals surface area contributed by atoms with E-state index in [1.54, 1.807) is 45.4 Å². The first-order chi connectivity index (χ1) is 50.3. The van der Waals surface area contributed by atoms with E-state index in [2.05, 4.69) is 92.7 Å². The number of thiophene rings is 1. The number of β-amino-alcohol motifs (C(OH)–C–C–N with tert-alkyl or cyclic N) is 3. The largest absolute Gasteiger partial charge is 0.490 e. The van der Waals surface area contributed by atoms with Gasteiger partial charge in [-0.15, -0.1) is 11.3 Å². The smallest absolute Gasteiger partial charge is 0.223 e. The molecule has 3 spiro atoms. The first kappa shape index (κ1) is 71.7. The summed E-state index contributed by atoms with van der Waals surface area (Å²) >= 11 is 1.72. The van der Waals surface area contributed by atoms with E-state index in [9.17, 15) is 45.5 Å². The predicted octanol–water partition coefficient (Wildman–Crippen LogP) is 12.9. The van der Waals surface area contributed by atoms with E-state index in [-0.39, 0.29) is 72.1 Å². The molecular weight excluding hydrogens is 1330 g/mol. The van der Waals surface area contributed by atoms with Gasteiger partial charge in [0, 0.05) is 132 Å². The Labute approximate surface area is 610 Å². The number of nitriles is 3. The Morgan fingerprint density at radius 2 is 0.760 bits per heavy atom. The van der Waals surface area contributed by atoms with Crippen LogP contribution in [0.3, 0.4) is 0 Å². The third-order valence-corrected chi connectivity index (χ3v) is 22.1. The lowest BCUT2D eigenvalue weighted by Crippen LogP contribution is -2.32. The maximum Gasteiger partial charge on any atom is 0.223 e. The summed E-state index contributed by atoms with van der Waals surface area (Å²) in [6, 6.07) is 46.5. The molecule has 3 N–H and O–H groups in total. The lowest BCUT2D eigenvalue weighted by atomic mass is 9.80. The number of ether oxygens (including phenoxy) is 3. The van der Waals surface area contributed by atoms with Crippen molar-refractivity contribution in [2.45, 2.75) is 134 Å². The van der Waals surface area contributed by atoms with Crippen molar-refractivity contribution >= 4 is 29.1 Å². The molecule has 104 heavy (non-hydrogen) atoms. The van der Waals surface area contributed by atoms with Crippen LogP contribution in [0.2, 0.25) is 0 Å². The lowest BCUT2D eigenvalue weighted by Gasteiger charge is -2.25. The summed E-state index contributed by atoms with van der Waals surface area (Å²) in [4.78, 5) is 63.8. The zero-order valence-corrected chi connectivity index (χ0v) is 60.3. The van der Waals surface area contributed by atoms with Crippen molar-refractivity contribution in [3.8, 4) is 101 Å².